The lowest BCUT2D eigenvalue weighted by molar-refractivity contribution is -0.705. The molecule has 0 spiro atoms. The summed E-state index contributed by atoms with van der Waals surface area (Å²) in [6.07, 6.45) is 33.1. The number of nitrogens with zero attached hydrogens (tertiary/aromatic N) is 1. The zero-order chi connectivity index (χ0) is 31.1. The van der Waals surface area contributed by atoms with Gasteiger partial charge in [0, 0.05) is 5.41 Å². The van der Waals surface area contributed by atoms with Gasteiger partial charge in [0.2, 0.25) is 0 Å². The van der Waals surface area contributed by atoms with E-state index >= 15 is 0 Å². The van der Waals surface area contributed by atoms with E-state index in [0.29, 0.717) is 5.92 Å². The van der Waals surface area contributed by atoms with E-state index in [-0.39, 0.29) is 5.41 Å². The summed E-state index contributed by atoms with van der Waals surface area (Å²) in [4.78, 5) is 3.79. The largest absolute Gasteiger partial charge is 0.258 e. The first-order chi connectivity index (χ1) is 21.7. The molecule has 3 rings (SSSR count). The van der Waals surface area contributed by atoms with Gasteiger partial charge in [0.05, 0.1) is 12.5 Å². The summed E-state index contributed by atoms with van der Waals surface area (Å²) in [7, 11) is 0. The fourth-order valence-electron chi connectivity index (χ4n) is 7.32. The van der Waals surface area contributed by atoms with Crippen LogP contribution in [0.1, 0.15) is 172 Å². The summed E-state index contributed by atoms with van der Waals surface area (Å²) in [6.45, 7) is 8.27. The second-order valence-electron chi connectivity index (χ2n) is 13.8. The Morgan fingerprint density at radius 1 is 0.591 bits per heavy atom. The zero-order valence-corrected chi connectivity index (χ0v) is 29.0. The van der Waals surface area contributed by atoms with Crippen molar-refractivity contribution in [1.82, 2.24) is 4.98 Å². The minimum absolute atomic E-state index is 0.00741. The number of unbranched alkanes of at least 4 members (excludes halogenated alkanes) is 17. The number of H-pyrrole nitrogens is 1. The monoisotopic (exact) mass is 600 g/mol. The molecule has 0 saturated carbocycles. The molecule has 244 valence electrons. The lowest BCUT2D eigenvalue weighted by Crippen LogP contribution is -2.43. The molecule has 0 aliphatic carbocycles. The highest BCUT2D eigenvalue weighted by atomic mass is 15.1. The topological polar surface area (TPSA) is 19.7 Å². The molecular weight excluding hydrogens is 532 g/mol. The van der Waals surface area contributed by atoms with Crippen LogP contribution in [0.5, 0.6) is 0 Å². The molecule has 2 unspecified atom stereocenters. The Labute approximate surface area is 272 Å². The highest BCUT2D eigenvalue weighted by molar-refractivity contribution is 5.32. The third-order valence-electron chi connectivity index (χ3n) is 10.1. The van der Waals surface area contributed by atoms with Crippen molar-refractivity contribution >= 4 is 0 Å². The molecule has 0 radical (unpaired) electrons. The standard InChI is InChI=1S/C42H66N2/c1-4-6-8-10-12-13-14-15-16-17-18-19-27-33-40(41-43-34-36-44(41)35-28-20-11-9-7-5-2)42(3,39-31-25-22-26-32-39)37-38-29-23-21-24-30-38/h21-26,29-32,34,36,40H,4-20,27-28,33,35,37H2,1-3H3/p+1. The molecule has 44 heavy (non-hydrogen) atoms. The summed E-state index contributed by atoms with van der Waals surface area (Å²) < 4.78 is 2.57. The maximum Gasteiger partial charge on any atom is 0.258 e. The molecule has 2 aromatic carbocycles. The van der Waals surface area contributed by atoms with Crippen LogP contribution in [0.15, 0.2) is 73.1 Å². The fourth-order valence-corrected chi connectivity index (χ4v) is 7.32. The van der Waals surface area contributed by atoms with Crippen LogP contribution in [0.2, 0.25) is 0 Å². The first kappa shape index (κ1) is 36.1. The van der Waals surface area contributed by atoms with Gasteiger partial charge in [-0.1, -0.05) is 191 Å². The minimum atomic E-state index is 0.00741. The van der Waals surface area contributed by atoms with Crippen LogP contribution in [0.25, 0.3) is 0 Å². The first-order valence-electron chi connectivity index (χ1n) is 18.8. The molecule has 0 saturated heterocycles. The van der Waals surface area contributed by atoms with E-state index < -0.39 is 0 Å². The quantitative estimate of drug-likeness (QED) is 0.0699. The number of rotatable bonds is 26. The van der Waals surface area contributed by atoms with Gasteiger partial charge in [0.1, 0.15) is 12.4 Å². The first-order valence-corrected chi connectivity index (χ1v) is 18.8. The van der Waals surface area contributed by atoms with Gasteiger partial charge in [0.15, 0.2) is 0 Å². The second-order valence-corrected chi connectivity index (χ2v) is 13.8. The average molecular weight is 600 g/mol. The number of nitrogens with one attached hydrogen (secondary N) is 1. The van der Waals surface area contributed by atoms with Crippen LogP contribution in [-0.4, -0.2) is 4.98 Å². The smallest absolute Gasteiger partial charge is 0.247 e. The van der Waals surface area contributed by atoms with E-state index in [4.69, 9.17) is 0 Å². The number of hydrogen-bond donors (Lipinski definition) is 1. The van der Waals surface area contributed by atoms with Gasteiger partial charge in [-0.05, 0) is 36.8 Å². The molecule has 0 bridgehead atoms. The molecule has 2 heteroatoms. The molecule has 0 amide bonds. The van der Waals surface area contributed by atoms with Crippen LogP contribution in [0.3, 0.4) is 0 Å². The Bertz CT molecular complexity index is 1070. The Morgan fingerprint density at radius 3 is 1.61 bits per heavy atom. The van der Waals surface area contributed by atoms with Gasteiger partial charge in [-0.3, -0.25) is 0 Å². The van der Waals surface area contributed by atoms with Crippen LogP contribution in [0, 0.1) is 0 Å². The van der Waals surface area contributed by atoms with Crippen LogP contribution < -0.4 is 4.57 Å². The maximum atomic E-state index is 3.79. The number of hydrogen-bond acceptors (Lipinski definition) is 0. The molecule has 1 heterocycles. The third-order valence-corrected chi connectivity index (χ3v) is 10.1. The Kier molecular flexibility index (Phi) is 18.2. The normalized spacial score (nSPS) is 13.6. The van der Waals surface area contributed by atoms with Crippen LogP contribution in [-0.2, 0) is 18.4 Å². The number of aromatic amines is 1. The van der Waals surface area contributed by atoms with Crippen molar-refractivity contribution in [3.63, 3.8) is 0 Å². The molecular formula is C42H67N2+. The fraction of sp³-hybridized carbons (Fsp3) is 0.643. The van der Waals surface area contributed by atoms with Gasteiger partial charge in [-0.2, -0.15) is 0 Å². The molecule has 1 aromatic heterocycles. The van der Waals surface area contributed by atoms with E-state index in [1.165, 1.54) is 145 Å². The summed E-state index contributed by atoms with van der Waals surface area (Å²) >= 11 is 0. The number of aryl methyl sites for hydroxylation is 1. The molecule has 0 fully saturated rings. The van der Waals surface area contributed by atoms with Gasteiger partial charge in [-0.15, -0.1) is 0 Å². The summed E-state index contributed by atoms with van der Waals surface area (Å²) in [5.41, 5.74) is 2.90. The Hall–Kier alpha value is -2.35. The highest BCUT2D eigenvalue weighted by Gasteiger charge is 2.41. The SMILES string of the molecule is CCCCCCCCCCCCCCCC(c1[nH]cc[n+]1CCCCCCCC)C(C)(Cc1ccccc1)c1ccccc1. The Balaban J connectivity index is 1.64. The summed E-state index contributed by atoms with van der Waals surface area (Å²) in [5, 5.41) is 0. The van der Waals surface area contributed by atoms with E-state index in [0.717, 1.165) is 13.0 Å². The predicted molar refractivity (Wildman–Crippen MR) is 191 cm³/mol. The van der Waals surface area contributed by atoms with Gasteiger partial charge < -0.3 is 0 Å². The van der Waals surface area contributed by atoms with Crippen molar-refractivity contribution in [3.8, 4) is 0 Å². The molecule has 0 aliphatic heterocycles. The van der Waals surface area contributed by atoms with Crippen molar-refractivity contribution < 1.29 is 4.57 Å². The van der Waals surface area contributed by atoms with Crippen molar-refractivity contribution in [3.05, 3.63) is 90.0 Å². The molecule has 3 aromatic rings. The minimum Gasteiger partial charge on any atom is -0.247 e. The second kappa shape index (κ2) is 22.2. The Morgan fingerprint density at radius 2 is 1.07 bits per heavy atom. The number of benzene rings is 2. The number of imidazole rings is 1. The van der Waals surface area contributed by atoms with Crippen molar-refractivity contribution in [1.29, 1.82) is 0 Å². The van der Waals surface area contributed by atoms with Crippen molar-refractivity contribution in [2.45, 2.75) is 173 Å². The molecule has 1 N–H and O–H groups in total. The van der Waals surface area contributed by atoms with Crippen molar-refractivity contribution in [2.75, 3.05) is 0 Å². The summed E-state index contributed by atoms with van der Waals surface area (Å²) in [6, 6.07) is 22.6. The van der Waals surface area contributed by atoms with Gasteiger partial charge in [0.25, 0.3) is 5.82 Å². The van der Waals surface area contributed by atoms with Gasteiger partial charge >= 0.3 is 0 Å². The highest BCUT2D eigenvalue weighted by Crippen LogP contribution is 2.43. The third kappa shape index (κ3) is 12.9. The number of aromatic nitrogens is 2. The summed E-state index contributed by atoms with van der Waals surface area (Å²) in [5.74, 6) is 1.87. The molecule has 0 aliphatic rings. The van der Waals surface area contributed by atoms with E-state index in [1.807, 2.05) is 0 Å². The van der Waals surface area contributed by atoms with E-state index in [1.54, 1.807) is 0 Å². The lowest BCUT2D eigenvalue weighted by Gasteiger charge is -2.37. The van der Waals surface area contributed by atoms with Crippen molar-refractivity contribution in [2.24, 2.45) is 0 Å². The van der Waals surface area contributed by atoms with E-state index in [2.05, 4.69) is 103 Å². The van der Waals surface area contributed by atoms with Crippen LogP contribution in [0.4, 0.5) is 0 Å². The van der Waals surface area contributed by atoms with E-state index in [9.17, 15) is 0 Å². The molecule has 2 nitrogen and oxygen atoms in total. The molecule has 2 atom stereocenters. The maximum absolute atomic E-state index is 3.79. The predicted octanol–water partition coefficient (Wildman–Crippen LogP) is 12.4. The average Bonchev–Trinajstić information content (AvgIpc) is 3.51. The van der Waals surface area contributed by atoms with Crippen LogP contribution >= 0.6 is 0 Å². The van der Waals surface area contributed by atoms with Gasteiger partial charge in [-0.25, -0.2) is 9.55 Å². The zero-order valence-electron chi connectivity index (χ0n) is 29.0. The lowest BCUT2D eigenvalue weighted by atomic mass is 9.66.